The zero-order valence-corrected chi connectivity index (χ0v) is 12.5. The highest BCUT2D eigenvalue weighted by atomic mass is 16.3. The molecule has 3 fully saturated rings. The summed E-state index contributed by atoms with van der Waals surface area (Å²) in [6.45, 7) is 4.53. The van der Waals surface area contributed by atoms with Crippen LogP contribution in [-0.4, -0.2) is 83.5 Å². The maximum absolute atomic E-state index is 12.3. The molecule has 1 aliphatic carbocycles. The summed E-state index contributed by atoms with van der Waals surface area (Å²) < 4.78 is 0. The molecule has 2 amide bonds. The molecule has 2 aliphatic heterocycles. The van der Waals surface area contributed by atoms with Crippen molar-refractivity contribution < 1.29 is 14.7 Å². The van der Waals surface area contributed by atoms with Crippen molar-refractivity contribution in [2.75, 3.05) is 45.8 Å². The molecule has 0 aromatic carbocycles. The van der Waals surface area contributed by atoms with Crippen LogP contribution in [0.3, 0.4) is 0 Å². The van der Waals surface area contributed by atoms with Gasteiger partial charge >= 0.3 is 0 Å². The number of carbonyl (C=O) groups excluding carboxylic acids is 2. The van der Waals surface area contributed by atoms with Gasteiger partial charge in [0.15, 0.2) is 0 Å². The summed E-state index contributed by atoms with van der Waals surface area (Å²) >= 11 is 0. The number of aliphatic hydroxyl groups is 1. The second-order valence-electron chi connectivity index (χ2n) is 6.51. The molecule has 1 N–H and O–H groups in total. The highest BCUT2D eigenvalue weighted by molar-refractivity contribution is 5.82. The van der Waals surface area contributed by atoms with Crippen molar-refractivity contribution >= 4 is 11.8 Å². The van der Waals surface area contributed by atoms with Gasteiger partial charge in [-0.1, -0.05) is 0 Å². The molecule has 0 bridgehead atoms. The largest absolute Gasteiger partial charge is 0.392 e. The first-order chi connectivity index (χ1) is 10.1. The summed E-state index contributed by atoms with van der Waals surface area (Å²) in [5.74, 6) is 0.672. The fraction of sp³-hybridized carbons (Fsp3) is 0.867. The van der Waals surface area contributed by atoms with Crippen LogP contribution in [-0.2, 0) is 9.59 Å². The number of carbonyl (C=O) groups is 2. The molecule has 1 atom stereocenters. The number of likely N-dealkylation sites (tertiary alicyclic amines) is 1. The molecule has 0 aromatic rings. The Labute approximate surface area is 125 Å². The molecule has 118 valence electrons. The van der Waals surface area contributed by atoms with Crippen LogP contribution in [0.2, 0.25) is 0 Å². The van der Waals surface area contributed by atoms with Crippen LogP contribution in [0.25, 0.3) is 0 Å². The van der Waals surface area contributed by atoms with Crippen LogP contribution in [0.4, 0.5) is 0 Å². The number of hydrogen-bond donors (Lipinski definition) is 1. The molecule has 6 nitrogen and oxygen atoms in total. The van der Waals surface area contributed by atoms with Gasteiger partial charge in [-0.3, -0.25) is 14.5 Å². The minimum atomic E-state index is -0.292. The lowest BCUT2D eigenvalue weighted by Crippen LogP contribution is -2.53. The minimum absolute atomic E-state index is 0.127. The Morgan fingerprint density at radius 2 is 1.62 bits per heavy atom. The van der Waals surface area contributed by atoms with Crippen molar-refractivity contribution in [1.82, 2.24) is 14.7 Å². The smallest absolute Gasteiger partial charge is 0.236 e. The van der Waals surface area contributed by atoms with Crippen molar-refractivity contribution in [2.24, 2.45) is 5.92 Å². The highest BCUT2D eigenvalue weighted by Crippen LogP contribution is 2.31. The zero-order chi connectivity index (χ0) is 14.8. The van der Waals surface area contributed by atoms with Gasteiger partial charge in [0, 0.05) is 38.6 Å². The number of nitrogens with zero attached hydrogens (tertiary/aromatic N) is 3. The second kappa shape index (κ2) is 6.32. The maximum Gasteiger partial charge on any atom is 0.236 e. The van der Waals surface area contributed by atoms with Gasteiger partial charge in [-0.15, -0.1) is 0 Å². The molecule has 6 heteroatoms. The molecular weight excluding hydrogens is 270 g/mol. The summed E-state index contributed by atoms with van der Waals surface area (Å²) in [5.41, 5.74) is 0. The molecular formula is C15H25N3O3. The van der Waals surface area contributed by atoms with Crippen molar-refractivity contribution in [3.8, 4) is 0 Å². The van der Waals surface area contributed by atoms with E-state index >= 15 is 0 Å². The number of amides is 2. The Hall–Kier alpha value is -1.14. The van der Waals surface area contributed by atoms with Crippen molar-refractivity contribution in [3.63, 3.8) is 0 Å². The number of piperidine rings is 1. The fourth-order valence-corrected chi connectivity index (χ4v) is 3.23. The molecule has 0 aromatic heterocycles. The summed E-state index contributed by atoms with van der Waals surface area (Å²) in [6, 6.07) is 0. The number of aliphatic hydroxyl groups excluding tert-OH is 1. The lowest BCUT2D eigenvalue weighted by Gasteiger charge is -2.37. The Morgan fingerprint density at radius 1 is 0.952 bits per heavy atom. The topological polar surface area (TPSA) is 64.1 Å². The van der Waals surface area contributed by atoms with E-state index in [-0.39, 0.29) is 23.8 Å². The van der Waals surface area contributed by atoms with E-state index in [9.17, 15) is 14.7 Å². The average Bonchev–Trinajstić information content (AvgIpc) is 3.31. The average molecular weight is 295 g/mol. The zero-order valence-electron chi connectivity index (χ0n) is 12.5. The van der Waals surface area contributed by atoms with Gasteiger partial charge in [0.05, 0.1) is 12.6 Å². The van der Waals surface area contributed by atoms with Crippen molar-refractivity contribution in [3.05, 3.63) is 0 Å². The molecule has 2 saturated heterocycles. The first-order valence-corrected chi connectivity index (χ1v) is 8.10. The third-order valence-electron chi connectivity index (χ3n) is 4.71. The Balaban J connectivity index is 1.43. The van der Waals surface area contributed by atoms with Gasteiger partial charge in [0.1, 0.15) is 0 Å². The molecule has 3 aliphatic rings. The van der Waals surface area contributed by atoms with Gasteiger partial charge in [0.25, 0.3) is 0 Å². The lowest BCUT2D eigenvalue weighted by molar-refractivity contribution is -0.141. The fourth-order valence-electron chi connectivity index (χ4n) is 3.23. The molecule has 2 heterocycles. The van der Waals surface area contributed by atoms with Crippen LogP contribution in [0.5, 0.6) is 0 Å². The number of hydrogen-bond acceptors (Lipinski definition) is 4. The van der Waals surface area contributed by atoms with E-state index in [4.69, 9.17) is 0 Å². The minimum Gasteiger partial charge on any atom is -0.392 e. The van der Waals surface area contributed by atoms with Crippen LogP contribution < -0.4 is 0 Å². The monoisotopic (exact) mass is 295 g/mol. The first-order valence-electron chi connectivity index (χ1n) is 8.10. The number of β-amino-alcohol motifs (C(OH)–C–C–N with tert-alkyl or cyclic N) is 1. The van der Waals surface area contributed by atoms with Crippen LogP contribution in [0, 0.1) is 5.92 Å². The van der Waals surface area contributed by atoms with Gasteiger partial charge < -0.3 is 14.9 Å². The van der Waals surface area contributed by atoms with Gasteiger partial charge in [-0.25, -0.2) is 0 Å². The lowest BCUT2D eigenvalue weighted by atomic mass is 10.1. The van der Waals surface area contributed by atoms with Gasteiger partial charge in [-0.05, 0) is 32.2 Å². The van der Waals surface area contributed by atoms with Crippen LogP contribution in [0.15, 0.2) is 0 Å². The normalized spacial score (nSPS) is 27.8. The second-order valence-corrected chi connectivity index (χ2v) is 6.51. The first kappa shape index (κ1) is 14.8. The predicted octanol–water partition coefficient (Wildman–Crippen LogP) is -0.476. The Morgan fingerprint density at radius 3 is 2.24 bits per heavy atom. The molecule has 0 radical (unpaired) electrons. The third-order valence-corrected chi connectivity index (χ3v) is 4.71. The molecule has 3 rings (SSSR count). The Bertz CT molecular complexity index is 403. The maximum atomic E-state index is 12.3. The predicted molar refractivity (Wildman–Crippen MR) is 77.6 cm³/mol. The van der Waals surface area contributed by atoms with E-state index in [1.54, 1.807) is 0 Å². The van der Waals surface area contributed by atoms with Crippen molar-refractivity contribution in [2.45, 2.75) is 31.8 Å². The standard InChI is InChI=1S/C15H25N3O3/c19-13-2-1-5-16(10-13)11-14(20)17-6-8-18(9-7-17)15(21)12-3-4-12/h12-13,19H,1-11H2. The van der Waals surface area contributed by atoms with E-state index < -0.39 is 0 Å². The SMILES string of the molecule is O=C(CN1CCCC(O)C1)N1CCN(C(=O)C2CC2)CC1. The summed E-state index contributed by atoms with van der Waals surface area (Å²) in [7, 11) is 0. The highest BCUT2D eigenvalue weighted by Gasteiger charge is 2.35. The molecule has 21 heavy (non-hydrogen) atoms. The quantitative estimate of drug-likeness (QED) is 0.764. The van der Waals surface area contributed by atoms with E-state index in [0.717, 1.165) is 32.2 Å². The summed E-state index contributed by atoms with van der Waals surface area (Å²) in [4.78, 5) is 30.1. The number of rotatable bonds is 3. The summed E-state index contributed by atoms with van der Waals surface area (Å²) in [6.07, 6.45) is 3.58. The van der Waals surface area contributed by atoms with Gasteiger partial charge in [0.2, 0.25) is 11.8 Å². The van der Waals surface area contributed by atoms with E-state index in [0.29, 0.717) is 39.3 Å². The third kappa shape index (κ3) is 3.74. The summed E-state index contributed by atoms with van der Waals surface area (Å²) in [5, 5.41) is 9.65. The molecule has 1 saturated carbocycles. The van der Waals surface area contributed by atoms with Gasteiger partial charge in [-0.2, -0.15) is 0 Å². The van der Waals surface area contributed by atoms with Crippen LogP contribution in [0.1, 0.15) is 25.7 Å². The Kier molecular flexibility index (Phi) is 4.45. The molecule has 0 spiro atoms. The van der Waals surface area contributed by atoms with Crippen molar-refractivity contribution in [1.29, 1.82) is 0 Å². The van der Waals surface area contributed by atoms with E-state index in [1.807, 2.05) is 14.7 Å². The van der Waals surface area contributed by atoms with E-state index in [1.165, 1.54) is 0 Å². The van der Waals surface area contributed by atoms with Crippen LogP contribution >= 0.6 is 0 Å². The van der Waals surface area contributed by atoms with E-state index in [2.05, 4.69) is 0 Å². The number of piperazine rings is 1. The molecule has 1 unspecified atom stereocenters.